The molecule has 2 N–H and O–H groups in total. The maximum Gasteiger partial charge on any atom is 0.0817 e. The van der Waals surface area contributed by atoms with E-state index in [1.165, 1.54) is 16.3 Å². The molecular formula is C19H25NO2. The van der Waals surface area contributed by atoms with E-state index in [9.17, 15) is 0 Å². The van der Waals surface area contributed by atoms with Gasteiger partial charge in [0.1, 0.15) is 0 Å². The van der Waals surface area contributed by atoms with Gasteiger partial charge in [-0.1, -0.05) is 56.3 Å². The van der Waals surface area contributed by atoms with Crippen LogP contribution in [-0.2, 0) is 9.47 Å². The topological polar surface area (TPSA) is 44.5 Å². The van der Waals surface area contributed by atoms with Crippen LogP contribution in [0.3, 0.4) is 0 Å². The van der Waals surface area contributed by atoms with Crippen LogP contribution in [-0.4, -0.2) is 32.0 Å². The second-order valence-electron chi connectivity index (χ2n) is 6.45. The van der Waals surface area contributed by atoms with Gasteiger partial charge in [-0.2, -0.15) is 0 Å². The number of ether oxygens (including phenoxy) is 2. The Kier molecular flexibility index (Phi) is 4.48. The van der Waals surface area contributed by atoms with Gasteiger partial charge in [-0.15, -0.1) is 0 Å². The summed E-state index contributed by atoms with van der Waals surface area (Å²) >= 11 is 0. The van der Waals surface area contributed by atoms with E-state index in [0.717, 1.165) is 0 Å². The molecule has 0 radical (unpaired) electrons. The Labute approximate surface area is 132 Å². The molecule has 1 aliphatic rings. The highest BCUT2D eigenvalue weighted by Crippen LogP contribution is 2.32. The zero-order valence-electron chi connectivity index (χ0n) is 13.5. The van der Waals surface area contributed by atoms with Crippen LogP contribution in [0, 0.1) is 5.92 Å². The molecule has 1 saturated heterocycles. The van der Waals surface area contributed by atoms with Crippen LogP contribution in [0.15, 0.2) is 42.5 Å². The van der Waals surface area contributed by atoms with Gasteiger partial charge in [0.05, 0.1) is 24.9 Å². The predicted molar refractivity (Wildman–Crippen MR) is 90.0 cm³/mol. The summed E-state index contributed by atoms with van der Waals surface area (Å²) in [6.45, 7) is 5.02. The van der Waals surface area contributed by atoms with Gasteiger partial charge in [0.2, 0.25) is 0 Å². The van der Waals surface area contributed by atoms with Crippen molar-refractivity contribution in [3.05, 3.63) is 48.0 Å². The Balaban J connectivity index is 1.86. The Morgan fingerprint density at radius 2 is 1.91 bits per heavy atom. The van der Waals surface area contributed by atoms with Crippen molar-refractivity contribution in [1.82, 2.24) is 0 Å². The summed E-state index contributed by atoms with van der Waals surface area (Å²) in [5.41, 5.74) is 7.69. The normalized spacial score (nSPS) is 30.4. The van der Waals surface area contributed by atoms with Crippen molar-refractivity contribution in [3.8, 4) is 0 Å². The number of rotatable bonds is 3. The Hall–Kier alpha value is -1.42. The maximum absolute atomic E-state index is 6.43. The molecule has 0 bridgehead atoms. The SMILES string of the molecule is CO[C@@H]1[C@@H](N)[C@H](C(C)c2ccc3ccccc3c2)OC[C@@H]1C. The first-order valence-corrected chi connectivity index (χ1v) is 8.00. The van der Waals surface area contributed by atoms with Gasteiger partial charge in [-0.3, -0.25) is 0 Å². The average molecular weight is 299 g/mol. The zero-order chi connectivity index (χ0) is 15.7. The van der Waals surface area contributed by atoms with E-state index in [-0.39, 0.29) is 24.2 Å². The molecule has 1 aliphatic heterocycles. The summed E-state index contributed by atoms with van der Waals surface area (Å²) in [6.07, 6.45) is 0.0453. The highest BCUT2D eigenvalue weighted by Gasteiger charge is 2.39. The first-order chi connectivity index (χ1) is 10.6. The summed E-state index contributed by atoms with van der Waals surface area (Å²) < 4.78 is 11.7. The van der Waals surface area contributed by atoms with E-state index >= 15 is 0 Å². The van der Waals surface area contributed by atoms with Gasteiger partial charge in [0, 0.05) is 18.9 Å². The molecule has 1 heterocycles. The third kappa shape index (κ3) is 2.76. The minimum atomic E-state index is -0.102. The van der Waals surface area contributed by atoms with Crippen LogP contribution < -0.4 is 5.73 Å². The van der Waals surface area contributed by atoms with Crippen molar-refractivity contribution < 1.29 is 9.47 Å². The lowest BCUT2D eigenvalue weighted by atomic mass is 9.83. The average Bonchev–Trinajstić information content (AvgIpc) is 2.54. The van der Waals surface area contributed by atoms with Crippen LogP contribution in [0.2, 0.25) is 0 Å². The van der Waals surface area contributed by atoms with Gasteiger partial charge in [0.15, 0.2) is 0 Å². The molecule has 1 fully saturated rings. The van der Waals surface area contributed by atoms with E-state index in [2.05, 4.69) is 56.3 Å². The minimum absolute atomic E-state index is 0.0117. The van der Waals surface area contributed by atoms with E-state index < -0.39 is 0 Å². The first kappa shape index (κ1) is 15.5. The van der Waals surface area contributed by atoms with Crippen molar-refractivity contribution in [1.29, 1.82) is 0 Å². The molecule has 0 spiro atoms. The summed E-state index contributed by atoms with van der Waals surface area (Å²) in [6, 6.07) is 14.9. The van der Waals surface area contributed by atoms with Gasteiger partial charge in [0.25, 0.3) is 0 Å². The van der Waals surface area contributed by atoms with Crippen molar-refractivity contribution in [2.45, 2.75) is 38.0 Å². The lowest BCUT2D eigenvalue weighted by Gasteiger charge is -2.41. The number of nitrogens with two attached hydrogens (primary N) is 1. The van der Waals surface area contributed by atoms with Crippen LogP contribution in [0.5, 0.6) is 0 Å². The molecule has 3 rings (SSSR count). The molecule has 0 aliphatic carbocycles. The highest BCUT2D eigenvalue weighted by atomic mass is 16.5. The van der Waals surface area contributed by atoms with E-state index in [1.807, 2.05) is 0 Å². The molecule has 22 heavy (non-hydrogen) atoms. The van der Waals surface area contributed by atoms with Crippen molar-refractivity contribution in [3.63, 3.8) is 0 Å². The number of fused-ring (bicyclic) bond motifs is 1. The summed E-state index contributed by atoms with van der Waals surface area (Å²) in [7, 11) is 1.74. The molecule has 3 nitrogen and oxygen atoms in total. The minimum Gasteiger partial charge on any atom is -0.379 e. The van der Waals surface area contributed by atoms with E-state index in [4.69, 9.17) is 15.2 Å². The number of hydrogen-bond acceptors (Lipinski definition) is 3. The van der Waals surface area contributed by atoms with Gasteiger partial charge in [-0.25, -0.2) is 0 Å². The molecular weight excluding hydrogens is 274 g/mol. The quantitative estimate of drug-likeness (QED) is 0.945. The molecule has 0 aromatic heterocycles. The summed E-state index contributed by atoms with van der Waals surface area (Å²) in [5, 5.41) is 2.52. The fraction of sp³-hybridized carbons (Fsp3) is 0.474. The van der Waals surface area contributed by atoms with Gasteiger partial charge in [-0.05, 0) is 16.3 Å². The van der Waals surface area contributed by atoms with Gasteiger partial charge >= 0.3 is 0 Å². The van der Waals surface area contributed by atoms with E-state index in [1.54, 1.807) is 7.11 Å². The molecule has 2 aromatic rings. The van der Waals surface area contributed by atoms with Crippen LogP contribution in [0.4, 0.5) is 0 Å². The van der Waals surface area contributed by atoms with E-state index in [0.29, 0.717) is 12.5 Å². The Morgan fingerprint density at radius 1 is 1.18 bits per heavy atom. The predicted octanol–water partition coefficient (Wildman–Crippen LogP) is 3.32. The third-order valence-electron chi connectivity index (χ3n) is 4.94. The molecule has 118 valence electrons. The second kappa shape index (κ2) is 6.37. The molecule has 3 heteroatoms. The smallest absolute Gasteiger partial charge is 0.0817 e. The number of methoxy groups -OCH3 is 1. The van der Waals surface area contributed by atoms with Gasteiger partial charge < -0.3 is 15.2 Å². The standard InChI is InChI=1S/C19H25NO2/c1-12-11-22-19(17(20)18(12)21-3)13(2)15-9-8-14-6-4-5-7-16(14)10-15/h4-10,12-13,17-19H,11,20H2,1-3H3/t12-,13?,17+,18-,19-/m0/s1. The Bertz CT molecular complexity index is 642. The first-order valence-electron chi connectivity index (χ1n) is 8.00. The highest BCUT2D eigenvalue weighted by molar-refractivity contribution is 5.83. The summed E-state index contributed by atoms with van der Waals surface area (Å²) in [4.78, 5) is 0. The lowest BCUT2D eigenvalue weighted by molar-refractivity contribution is -0.113. The van der Waals surface area contributed by atoms with Crippen molar-refractivity contribution >= 4 is 10.8 Å². The molecule has 0 saturated carbocycles. The van der Waals surface area contributed by atoms with Crippen LogP contribution in [0.25, 0.3) is 10.8 Å². The molecule has 2 aromatic carbocycles. The zero-order valence-corrected chi connectivity index (χ0v) is 13.5. The number of hydrogen-bond donors (Lipinski definition) is 1. The molecule has 0 amide bonds. The largest absolute Gasteiger partial charge is 0.379 e. The molecule has 5 atom stereocenters. The monoisotopic (exact) mass is 299 g/mol. The Morgan fingerprint density at radius 3 is 2.64 bits per heavy atom. The second-order valence-corrected chi connectivity index (χ2v) is 6.45. The fourth-order valence-electron chi connectivity index (χ4n) is 3.58. The van der Waals surface area contributed by atoms with Crippen LogP contribution in [0.1, 0.15) is 25.3 Å². The van der Waals surface area contributed by atoms with Crippen LogP contribution >= 0.6 is 0 Å². The maximum atomic E-state index is 6.43. The summed E-state index contributed by atoms with van der Waals surface area (Å²) in [5.74, 6) is 0.574. The van der Waals surface area contributed by atoms with Crippen molar-refractivity contribution in [2.75, 3.05) is 13.7 Å². The third-order valence-corrected chi connectivity index (χ3v) is 4.94. The lowest BCUT2D eigenvalue weighted by Crippen LogP contribution is -2.56. The van der Waals surface area contributed by atoms with Crippen molar-refractivity contribution in [2.24, 2.45) is 11.7 Å². The molecule has 1 unspecified atom stereocenters. The number of benzene rings is 2. The fourth-order valence-corrected chi connectivity index (χ4v) is 3.58.